The van der Waals surface area contributed by atoms with Gasteiger partial charge in [0.15, 0.2) is 0 Å². The second-order valence-corrected chi connectivity index (χ2v) is 8.89. The molecule has 0 amide bonds. The molecule has 2 nitrogen and oxygen atoms in total. The third-order valence-corrected chi connectivity index (χ3v) is 6.41. The molecule has 29 heavy (non-hydrogen) atoms. The van der Waals surface area contributed by atoms with E-state index in [0.29, 0.717) is 0 Å². The third kappa shape index (κ3) is 5.72. The van der Waals surface area contributed by atoms with Crippen LogP contribution in [0.2, 0.25) is 0 Å². The van der Waals surface area contributed by atoms with E-state index in [4.69, 9.17) is 4.74 Å². The number of carbonyl (C=O) groups is 1. The smallest absolute Gasteiger partial charge is 0.338 e. The average molecular weight is 393 g/mol. The number of hydrogen-bond donors (Lipinski definition) is 0. The zero-order valence-electron chi connectivity index (χ0n) is 18.6. The van der Waals surface area contributed by atoms with E-state index in [1.54, 1.807) is 0 Å². The maximum Gasteiger partial charge on any atom is 0.338 e. The molecule has 0 aliphatic heterocycles. The first-order valence-corrected chi connectivity index (χ1v) is 11.4. The van der Waals surface area contributed by atoms with Crippen LogP contribution in [0.15, 0.2) is 36.4 Å². The molecule has 0 radical (unpaired) electrons. The van der Waals surface area contributed by atoms with Crippen molar-refractivity contribution in [3.05, 3.63) is 58.7 Å². The highest BCUT2D eigenvalue weighted by Crippen LogP contribution is 2.31. The standard InChI is InChI=1S/C27H36O2/c1-5-6-7-8-22-11-15-25(16-12-22)29-27(28)26-20(3)17-24(18-21(26)4)23-13-9-19(2)10-14-23/h9-10,13-14,17-18,22,25H,5-8,11-12,15-16H2,1-4H3. The van der Waals surface area contributed by atoms with E-state index in [0.717, 1.165) is 41.0 Å². The fraction of sp³-hybridized carbons (Fsp3) is 0.519. The van der Waals surface area contributed by atoms with Gasteiger partial charge >= 0.3 is 5.97 Å². The minimum Gasteiger partial charge on any atom is -0.459 e. The number of esters is 1. The van der Waals surface area contributed by atoms with Crippen molar-refractivity contribution in [3.8, 4) is 11.1 Å². The van der Waals surface area contributed by atoms with Crippen molar-refractivity contribution in [2.75, 3.05) is 0 Å². The molecule has 2 heteroatoms. The lowest BCUT2D eigenvalue weighted by molar-refractivity contribution is 0.0159. The Labute approximate surface area is 176 Å². The second kappa shape index (κ2) is 10.1. The van der Waals surface area contributed by atoms with E-state index in [-0.39, 0.29) is 12.1 Å². The number of hydrogen-bond acceptors (Lipinski definition) is 2. The van der Waals surface area contributed by atoms with Gasteiger partial charge in [-0.05, 0) is 74.6 Å². The molecule has 1 saturated carbocycles. The van der Waals surface area contributed by atoms with Crippen LogP contribution in [0.25, 0.3) is 11.1 Å². The van der Waals surface area contributed by atoms with E-state index < -0.39 is 0 Å². The molecule has 3 rings (SSSR count). The van der Waals surface area contributed by atoms with Gasteiger partial charge in [0.2, 0.25) is 0 Å². The van der Waals surface area contributed by atoms with Crippen LogP contribution >= 0.6 is 0 Å². The van der Waals surface area contributed by atoms with Gasteiger partial charge in [-0.25, -0.2) is 4.79 Å². The molecule has 0 aromatic heterocycles. The summed E-state index contributed by atoms with van der Waals surface area (Å²) in [6.45, 7) is 8.39. The highest BCUT2D eigenvalue weighted by Gasteiger charge is 2.25. The van der Waals surface area contributed by atoms with Crippen LogP contribution in [0.1, 0.15) is 85.3 Å². The Hall–Kier alpha value is -2.09. The second-order valence-electron chi connectivity index (χ2n) is 8.89. The summed E-state index contributed by atoms with van der Waals surface area (Å²) >= 11 is 0. The van der Waals surface area contributed by atoms with E-state index in [2.05, 4.69) is 50.2 Å². The fourth-order valence-corrected chi connectivity index (χ4v) is 4.63. The van der Waals surface area contributed by atoms with Crippen LogP contribution in [-0.4, -0.2) is 12.1 Å². The third-order valence-electron chi connectivity index (χ3n) is 6.41. The van der Waals surface area contributed by atoms with Crippen molar-refractivity contribution in [1.82, 2.24) is 0 Å². The van der Waals surface area contributed by atoms with Crippen molar-refractivity contribution in [2.24, 2.45) is 5.92 Å². The van der Waals surface area contributed by atoms with Crippen LogP contribution < -0.4 is 0 Å². The van der Waals surface area contributed by atoms with E-state index >= 15 is 0 Å². The Kier molecular flexibility index (Phi) is 7.52. The van der Waals surface area contributed by atoms with E-state index in [9.17, 15) is 4.79 Å². The maximum atomic E-state index is 12.9. The summed E-state index contributed by atoms with van der Waals surface area (Å²) < 4.78 is 5.94. The molecule has 1 fully saturated rings. The van der Waals surface area contributed by atoms with Crippen molar-refractivity contribution < 1.29 is 9.53 Å². The van der Waals surface area contributed by atoms with Gasteiger partial charge in [0, 0.05) is 0 Å². The molecule has 0 N–H and O–H groups in total. The van der Waals surface area contributed by atoms with Crippen LogP contribution in [0.4, 0.5) is 0 Å². The topological polar surface area (TPSA) is 26.3 Å². The van der Waals surface area contributed by atoms with Gasteiger partial charge < -0.3 is 4.74 Å². The zero-order valence-corrected chi connectivity index (χ0v) is 18.6. The minimum absolute atomic E-state index is 0.0838. The largest absolute Gasteiger partial charge is 0.459 e. The number of ether oxygens (including phenoxy) is 1. The summed E-state index contributed by atoms with van der Waals surface area (Å²) in [5.41, 5.74) is 6.33. The van der Waals surface area contributed by atoms with Crippen molar-refractivity contribution in [2.45, 2.75) is 85.2 Å². The van der Waals surface area contributed by atoms with E-state index in [1.165, 1.54) is 49.7 Å². The van der Waals surface area contributed by atoms with Crippen molar-refractivity contribution in [3.63, 3.8) is 0 Å². The predicted molar refractivity (Wildman–Crippen MR) is 121 cm³/mol. The number of benzene rings is 2. The SMILES string of the molecule is CCCCCC1CCC(OC(=O)c2c(C)cc(-c3ccc(C)cc3)cc2C)CC1. The van der Waals surface area contributed by atoms with E-state index in [1.807, 2.05) is 13.8 Å². The van der Waals surface area contributed by atoms with Gasteiger partial charge in [0.25, 0.3) is 0 Å². The molecule has 0 saturated heterocycles. The Morgan fingerprint density at radius 3 is 2.10 bits per heavy atom. The van der Waals surface area contributed by atoms with Crippen molar-refractivity contribution >= 4 is 5.97 Å². The van der Waals surface area contributed by atoms with Gasteiger partial charge in [0.05, 0.1) is 5.56 Å². The molecule has 0 heterocycles. The number of aryl methyl sites for hydroxylation is 3. The van der Waals surface area contributed by atoms with Crippen LogP contribution in [0, 0.1) is 26.7 Å². The summed E-state index contributed by atoms with van der Waals surface area (Å²) in [4.78, 5) is 12.9. The summed E-state index contributed by atoms with van der Waals surface area (Å²) in [7, 11) is 0. The van der Waals surface area contributed by atoms with Gasteiger partial charge in [-0.15, -0.1) is 0 Å². The molecule has 0 unspecified atom stereocenters. The summed E-state index contributed by atoms with van der Waals surface area (Å²) in [6.07, 6.45) is 9.83. The molecule has 2 aromatic carbocycles. The van der Waals surface area contributed by atoms with Gasteiger partial charge in [-0.3, -0.25) is 0 Å². The Bertz CT molecular complexity index is 788. The zero-order chi connectivity index (χ0) is 20.8. The molecule has 1 aliphatic rings. The number of rotatable bonds is 7. The normalized spacial score (nSPS) is 19.2. The maximum absolute atomic E-state index is 12.9. The molecule has 156 valence electrons. The summed E-state index contributed by atoms with van der Waals surface area (Å²) in [5.74, 6) is 0.679. The first-order valence-electron chi connectivity index (χ1n) is 11.4. The number of unbranched alkanes of at least 4 members (excludes halogenated alkanes) is 2. The summed E-state index contributed by atoms with van der Waals surface area (Å²) in [6, 6.07) is 12.8. The van der Waals surface area contributed by atoms with Gasteiger partial charge in [-0.2, -0.15) is 0 Å². The predicted octanol–water partition coefficient (Wildman–Crippen LogP) is 7.57. The lowest BCUT2D eigenvalue weighted by atomic mass is 9.84. The molecule has 0 bridgehead atoms. The number of carbonyl (C=O) groups excluding carboxylic acids is 1. The summed E-state index contributed by atoms with van der Waals surface area (Å²) in [5, 5.41) is 0. The lowest BCUT2D eigenvalue weighted by Crippen LogP contribution is -2.25. The molecular weight excluding hydrogens is 356 g/mol. The van der Waals surface area contributed by atoms with Crippen LogP contribution in [0.5, 0.6) is 0 Å². The fourth-order valence-electron chi connectivity index (χ4n) is 4.63. The molecule has 2 aromatic rings. The van der Waals surface area contributed by atoms with Gasteiger partial charge in [0.1, 0.15) is 6.10 Å². The average Bonchev–Trinajstić information content (AvgIpc) is 2.69. The van der Waals surface area contributed by atoms with Crippen LogP contribution in [-0.2, 0) is 4.74 Å². The van der Waals surface area contributed by atoms with Crippen LogP contribution in [0.3, 0.4) is 0 Å². The Balaban J connectivity index is 1.62. The molecule has 1 aliphatic carbocycles. The highest BCUT2D eigenvalue weighted by atomic mass is 16.5. The Morgan fingerprint density at radius 1 is 0.897 bits per heavy atom. The van der Waals surface area contributed by atoms with Gasteiger partial charge in [-0.1, -0.05) is 74.6 Å². The minimum atomic E-state index is -0.148. The molecular formula is C27H36O2. The lowest BCUT2D eigenvalue weighted by Gasteiger charge is -2.28. The van der Waals surface area contributed by atoms with Crippen molar-refractivity contribution in [1.29, 1.82) is 0 Å². The monoisotopic (exact) mass is 392 g/mol. The quantitative estimate of drug-likeness (QED) is 0.359. The first-order chi connectivity index (χ1) is 14.0. The Morgan fingerprint density at radius 2 is 1.52 bits per heavy atom. The first kappa shape index (κ1) is 21.6. The molecule has 0 atom stereocenters. The highest BCUT2D eigenvalue weighted by molar-refractivity contribution is 5.93. The molecule has 0 spiro atoms.